The van der Waals surface area contributed by atoms with Crippen LogP contribution in [0.2, 0.25) is 0 Å². The van der Waals surface area contributed by atoms with Gasteiger partial charge in [0.15, 0.2) is 0 Å². The van der Waals surface area contributed by atoms with Crippen molar-refractivity contribution in [2.75, 3.05) is 11.9 Å². The quantitative estimate of drug-likeness (QED) is 0.792. The van der Waals surface area contributed by atoms with Crippen LogP contribution in [0.15, 0.2) is 18.3 Å². The van der Waals surface area contributed by atoms with E-state index in [1.807, 2.05) is 13.0 Å². The molecule has 0 aliphatic rings. The third kappa shape index (κ3) is 4.08. The summed E-state index contributed by atoms with van der Waals surface area (Å²) >= 11 is 0. The van der Waals surface area contributed by atoms with E-state index in [1.165, 1.54) is 0 Å². The first-order chi connectivity index (χ1) is 7.61. The van der Waals surface area contributed by atoms with E-state index in [0.717, 1.165) is 5.56 Å². The van der Waals surface area contributed by atoms with Crippen LogP contribution in [-0.2, 0) is 9.59 Å². The van der Waals surface area contributed by atoms with Gasteiger partial charge in [-0.05, 0) is 24.6 Å². The molecule has 0 spiro atoms. The number of pyridine rings is 1. The average Bonchev–Trinajstić information content (AvgIpc) is 2.26. The Morgan fingerprint density at radius 3 is 2.75 bits per heavy atom. The number of hydrogen-bond acceptors (Lipinski definition) is 3. The highest BCUT2D eigenvalue weighted by Gasteiger charge is 2.04. The molecule has 86 valence electrons. The van der Waals surface area contributed by atoms with Crippen LogP contribution in [0.3, 0.4) is 0 Å². The normalized spacial score (nSPS) is 9.62. The minimum atomic E-state index is -0.278. The second-order valence-electron chi connectivity index (χ2n) is 3.40. The summed E-state index contributed by atoms with van der Waals surface area (Å²) in [6.07, 6.45) is 1.99. The first-order valence-electron chi connectivity index (χ1n) is 5.11. The van der Waals surface area contributed by atoms with Gasteiger partial charge in [0.1, 0.15) is 5.82 Å². The van der Waals surface area contributed by atoms with Crippen molar-refractivity contribution in [1.82, 2.24) is 10.3 Å². The van der Waals surface area contributed by atoms with Gasteiger partial charge in [0.2, 0.25) is 11.8 Å². The summed E-state index contributed by atoms with van der Waals surface area (Å²) < 4.78 is 0. The van der Waals surface area contributed by atoms with Gasteiger partial charge in [-0.25, -0.2) is 4.98 Å². The summed E-state index contributed by atoms with van der Waals surface area (Å²) in [5, 5.41) is 5.09. The lowest BCUT2D eigenvalue weighted by Gasteiger charge is -2.05. The summed E-state index contributed by atoms with van der Waals surface area (Å²) in [5.74, 6) is 0.0722. The molecule has 16 heavy (non-hydrogen) atoms. The molecule has 0 aliphatic heterocycles. The van der Waals surface area contributed by atoms with Gasteiger partial charge in [0, 0.05) is 12.6 Å². The van der Waals surface area contributed by atoms with Crippen LogP contribution in [0.4, 0.5) is 5.82 Å². The molecule has 0 saturated heterocycles. The summed E-state index contributed by atoms with van der Waals surface area (Å²) in [4.78, 5) is 26.3. The monoisotopic (exact) mass is 221 g/mol. The summed E-state index contributed by atoms with van der Waals surface area (Å²) in [6, 6.07) is 3.61. The molecule has 0 aliphatic carbocycles. The van der Waals surface area contributed by atoms with Gasteiger partial charge in [-0.15, -0.1) is 0 Å². The summed E-state index contributed by atoms with van der Waals surface area (Å²) in [6.45, 7) is 3.62. The first kappa shape index (κ1) is 12.2. The van der Waals surface area contributed by atoms with E-state index < -0.39 is 0 Å². The van der Waals surface area contributed by atoms with Crippen molar-refractivity contribution in [2.24, 2.45) is 0 Å². The van der Waals surface area contributed by atoms with Crippen LogP contribution < -0.4 is 10.6 Å². The van der Waals surface area contributed by atoms with E-state index >= 15 is 0 Å². The number of hydrogen-bond donors (Lipinski definition) is 2. The number of nitrogens with one attached hydrogen (secondary N) is 2. The molecule has 2 N–H and O–H groups in total. The number of rotatable bonds is 4. The van der Waals surface area contributed by atoms with Crippen LogP contribution >= 0.6 is 0 Å². The molecule has 0 unspecified atom stereocenters. The Morgan fingerprint density at radius 1 is 1.38 bits per heavy atom. The van der Waals surface area contributed by atoms with E-state index in [0.29, 0.717) is 12.2 Å². The molecule has 0 bridgehead atoms. The second kappa shape index (κ2) is 5.85. The summed E-state index contributed by atoms with van der Waals surface area (Å²) in [7, 11) is 0. The fourth-order valence-electron chi connectivity index (χ4n) is 1.10. The Balaban J connectivity index is 2.43. The fraction of sp³-hybridized carbons (Fsp3) is 0.364. The van der Waals surface area contributed by atoms with Crippen LogP contribution in [0.1, 0.15) is 18.9 Å². The van der Waals surface area contributed by atoms with Crippen molar-refractivity contribution in [2.45, 2.75) is 20.3 Å². The highest BCUT2D eigenvalue weighted by atomic mass is 16.2. The number of aromatic nitrogens is 1. The van der Waals surface area contributed by atoms with Crippen molar-refractivity contribution >= 4 is 17.6 Å². The van der Waals surface area contributed by atoms with Crippen LogP contribution in [0.5, 0.6) is 0 Å². The molecule has 1 aromatic rings. The van der Waals surface area contributed by atoms with Crippen molar-refractivity contribution in [3.05, 3.63) is 23.9 Å². The lowest BCUT2D eigenvalue weighted by molar-refractivity contribution is -0.123. The molecular formula is C11H15N3O2. The maximum atomic E-state index is 11.4. The minimum Gasteiger partial charge on any atom is -0.347 e. The zero-order valence-electron chi connectivity index (χ0n) is 9.41. The number of nitrogens with zero attached hydrogens (tertiary/aromatic N) is 1. The molecule has 0 saturated carbocycles. The predicted molar refractivity (Wildman–Crippen MR) is 60.9 cm³/mol. The molecule has 0 fully saturated rings. The Kier molecular flexibility index (Phi) is 4.44. The van der Waals surface area contributed by atoms with Crippen LogP contribution in [0, 0.1) is 6.92 Å². The van der Waals surface area contributed by atoms with Gasteiger partial charge >= 0.3 is 0 Å². The minimum absolute atomic E-state index is 0.0255. The molecule has 2 amide bonds. The van der Waals surface area contributed by atoms with E-state index in [9.17, 15) is 9.59 Å². The largest absolute Gasteiger partial charge is 0.347 e. The van der Waals surface area contributed by atoms with E-state index in [4.69, 9.17) is 0 Å². The zero-order chi connectivity index (χ0) is 12.0. The molecule has 0 aromatic carbocycles. The molecule has 1 heterocycles. The highest BCUT2D eigenvalue weighted by Crippen LogP contribution is 2.04. The molecule has 5 nitrogen and oxygen atoms in total. The van der Waals surface area contributed by atoms with E-state index in [1.54, 1.807) is 19.2 Å². The van der Waals surface area contributed by atoms with Gasteiger partial charge in [-0.1, -0.05) is 6.92 Å². The number of carbonyl (C=O) groups excluding carboxylic acids is 2. The molecule has 1 rings (SSSR count). The Morgan fingerprint density at radius 2 is 2.12 bits per heavy atom. The lowest BCUT2D eigenvalue weighted by atomic mass is 10.3. The highest BCUT2D eigenvalue weighted by molar-refractivity contribution is 5.93. The third-order valence-electron chi connectivity index (χ3n) is 1.95. The molecule has 0 atom stereocenters. The number of aryl methyl sites for hydroxylation is 1. The van der Waals surface area contributed by atoms with Gasteiger partial charge in [0.25, 0.3) is 0 Å². The van der Waals surface area contributed by atoms with Crippen molar-refractivity contribution in [3.63, 3.8) is 0 Å². The van der Waals surface area contributed by atoms with E-state index in [2.05, 4.69) is 15.6 Å². The number of amides is 2. The fourth-order valence-corrected chi connectivity index (χ4v) is 1.10. The van der Waals surface area contributed by atoms with Crippen LogP contribution in [-0.4, -0.2) is 23.3 Å². The topological polar surface area (TPSA) is 71.1 Å². The Bertz CT molecular complexity index is 391. The van der Waals surface area contributed by atoms with Crippen molar-refractivity contribution in [3.8, 4) is 0 Å². The zero-order valence-corrected chi connectivity index (χ0v) is 9.41. The maximum absolute atomic E-state index is 11.4. The molecule has 1 aromatic heterocycles. The molecular weight excluding hydrogens is 206 g/mol. The van der Waals surface area contributed by atoms with E-state index in [-0.39, 0.29) is 18.4 Å². The lowest BCUT2D eigenvalue weighted by Crippen LogP contribution is -2.32. The average molecular weight is 221 g/mol. The number of anilines is 1. The van der Waals surface area contributed by atoms with Gasteiger partial charge in [0.05, 0.1) is 6.54 Å². The van der Waals surface area contributed by atoms with Crippen molar-refractivity contribution < 1.29 is 9.59 Å². The van der Waals surface area contributed by atoms with Gasteiger partial charge < -0.3 is 10.6 Å². The van der Waals surface area contributed by atoms with Crippen LogP contribution in [0.25, 0.3) is 0 Å². The van der Waals surface area contributed by atoms with Crippen molar-refractivity contribution in [1.29, 1.82) is 0 Å². The number of carbonyl (C=O) groups is 2. The molecule has 0 radical (unpaired) electrons. The SMILES string of the molecule is CCC(=O)NCC(=O)Nc1cc(C)ccn1. The third-order valence-corrected chi connectivity index (χ3v) is 1.95. The maximum Gasteiger partial charge on any atom is 0.244 e. The van der Waals surface area contributed by atoms with Gasteiger partial charge in [-0.3, -0.25) is 9.59 Å². The standard InChI is InChI=1S/C11H15N3O2/c1-3-10(15)13-7-11(16)14-9-6-8(2)4-5-12-9/h4-6H,3,7H2,1-2H3,(H,13,15)(H,12,14,16). The first-order valence-corrected chi connectivity index (χ1v) is 5.11. The second-order valence-corrected chi connectivity index (χ2v) is 3.40. The predicted octanol–water partition coefficient (Wildman–Crippen LogP) is 0.855. The Labute approximate surface area is 94.3 Å². The molecule has 5 heteroatoms. The van der Waals surface area contributed by atoms with Gasteiger partial charge in [-0.2, -0.15) is 0 Å². The smallest absolute Gasteiger partial charge is 0.244 e. The summed E-state index contributed by atoms with van der Waals surface area (Å²) in [5.41, 5.74) is 1.02. The Hall–Kier alpha value is -1.91.